The Morgan fingerprint density at radius 3 is 2.50 bits per heavy atom. The molecular weight excluding hydrogens is 376 g/mol. The molecule has 0 saturated carbocycles. The molecule has 0 saturated heterocycles. The van der Waals surface area contributed by atoms with Crippen molar-refractivity contribution in [1.82, 2.24) is 15.4 Å². The Hall–Kier alpha value is -2.79. The fourth-order valence-electron chi connectivity index (χ4n) is 1.90. The second kappa shape index (κ2) is 7.66. The van der Waals surface area contributed by atoms with Crippen LogP contribution < -0.4 is 15.6 Å². The van der Waals surface area contributed by atoms with Crippen molar-refractivity contribution in [3.8, 4) is 11.8 Å². The molecule has 0 bridgehead atoms. The normalized spacial score (nSPS) is 11.2. The van der Waals surface area contributed by atoms with Crippen molar-refractivity contribution in [3.63, 3.8) is 0 Å². The van der Waals surface area contributed by atoms with Crippen LogP contribution in [-0.4, -0.2) is 22.5 Å². The highest BCUT2D eigenvalue weighted by atomic mass is 79.9. The lowest BCUT2D eigenvalue weighted by molar-refractivity contribution is -0.128. The summed E-state index contributed by atoms with van der Waals surface area (Å²) in [6.07, 6.45) is 0.909. The minimum absolute atomic E-state index is 0.392. The number of carbonyl (C=O) groups excluding carboxylic acids is 2. The molecule has 1 unspecified atom stereocenters. The number of aromatic nitrogens is 1. The maximum Gasteiger partial charge on any atom is 0.286 e. The molecule has 8 heteroatoms. The summed E-state index contributed by atoms with van der Waals surface area (Å²) < 4.78 is 7.85. The fraction of sp³-hybridized carbons (Fsp3) is 0.188. The van der Waals surface area contributed by atoms with Gasteiger partial charge < -0.3 is 9.30 Å². The predicted molar refractivity (Wildman–Crippen MR) is 90.0 cm³/mol. The van der Waals surface area contributed by atoms with Gasteiger partial charge in [0.15, 0.2) is 6.10 Å². The van der Waals surface area contributed by atoms with E-state index in [1.54, 1.807) is 55.1 Å². The van der Waals surface area contributed by atoms with Gasteiger partial charge in [0.1, 0.15) is 11.4 Å². The Morgan fingerprint density at radius 2 is 1.96 bits per heavy atom. The van der Waals surface area contributed by atoms with Gasteiger partial charge in [-0.15, -0.1) is 0 Å². The van der Waals surface area contributed by atoms with Crippen molar-refractivity contribution in [2.75, 3.05) is 0 Å². The molecule has 2 amide bonds. The molecule has 0 radical (unpaired) electrons. The molecule has 124 valence electrons. The van der Waals surface area contributed by atoms with Gasteiger partial charge in [0, 0.05) is 17.7 Å². The molecule has 2 rings (SSSR count). The van der Waals surface area contributed by atoms with E-state index in [0.29, 0.717) is 17.0 Å². The summed E-state index contributed by atoms with van der Waals surface area (Å²) in [5.41, 5.74) is 5.54. The van der Waals surface area contributed by atoms with Gasteiger partial charge in [-0.05, 0) is 53.2 Å². The molecule has 1 atom stereocenters. The summed E-state index contributed by atoms with van der Waals surface area (Å²) in [6, 6.07) is 10.0. The summed E-state index contributed by atoms with van der Waals surface area (Å²) in [5.74, 6) is -0.488. The Morgan fingerprint density at radius 1 is 1.29 bits per heavy atom. The minimum Gasteiger partial charge on any atom is -0.481 e. The zero-order valence-corrected chi connectivity index (χ0v) is 14.6. The second-order valence-electron chi connectivity index (χ2n) is 4.99. The van der Waals surface area contributed by atoms with Crippen LogP contribution in [0.2, 0.25) is 0 Å². The number of carbonyl (C=O) groups is 2. The average molecular weight is 391 g/mol. The number of rotatable bonds is 4. The van der Waals surface area contributed by atoms with E-state index in [-0.39, 0.29) is 0 Å². The quantitative estimate of drug-likeness (QED) is 0.778. The summed E-state index contributed by atoms with van der Waals surface area (Å²) in [7, 11) is 1.72. The molecule has 1 heterocycles. The number of amides is 2. The topological polar surface area (TPSA) is 96.2 Å². The molecule has 0 fully saturated rings. The van der Waals surface area contributed by atoms with E-state index in [4.69, 9.17) is 10.00 Å². The van der Waals surface area contributed by atoms with Crippen LogP contribution in [-0.2, 0) is 11.8 Å². The number of benzene rings is 1. The number of ether oxygens (including phenoxy) is 1. The van der Waals surface area contributed by atoms with Gasteiger partial charge in [0.2, 0.25) is 0 Å². The molecule has 0 aliphatic carbocycles. The Balaban J connectivity index is 1.88. The highest BCUT2D eigenvalue weighted by Crippen LogP contribution is 2.14. The third-order valence-electron chi connectivity index (χ3n) is 3.17. The van der Waals surface area contributed by atoms with Crippen molar-refractivity contribution in [2.24, 2.45) is 7.05 Å². The first kappa shape index (κ1) is 17.6. The van der Waals surface area contributed by atoms with Crippen LogP contribution >= 0.6 is 15.9 Å². The number of nitriles is 1. The van der Waals surface area contributed by atoms with Crippen LogP contribution in [0.5, 0.6) is 5.75 Å². The Bertz CT molecular complexity index is 793. The van der Waals surface area contributed by atoms with Crippen LogP contribution in [0.1, 0.15) is 23.0 Å². The van der Waals surface area contributed by atoms with E-state index >= 15 is 0 Å². The third-order valence-corrected chi connectivity index (χ3v) is 3.60. The number of nitrogens with zero attached hydrogens (tertiary/aromatic N) is 2. The van der Waals surface area contributed by atoms with Crippen molar-refractivity contribution < 1.29 is 14.3 Å². The van der Waals surface area contributed by atoms with Crippen molar-refractivity contribution in [2.45, 2.75) is 13.0 Å². The SMILES string of the molecule is CC(Oc1ccc(C#N)cc1)C(=O)NNC(=O)c1cc(Br)cn1C. The van der Waals surface area contributed by atoms with Gasteiger partial charge in [-0.25, -0.2) is 0 Å². The zero-order valence-electron chi connectivity index (χ0n) is 13.0. The third kappa shape index (κ3) is 4.36. The molecule has 1 aromatic heterocycles. The van der Waals surface area contributed by atoms with Crippen molar-refractivity contribution >= 4 is 27.7 Å². The molecule has 0 aliphatic heterocycles. The first-order valence-electron chi connectivity index (χ1n) is 6.99. The van der Waals surface area contributed by atoms with Gasteiger partial charge in [0.05, 0.1) is 11.6 Å². The van der Waals surface area contributed by atoms with Crippen molar-refractivity contribution in [3.05, 3.63) is 52.3 Å². The maximum atomic E-state index is 12.0. The smallest absolute Gasteiger partial charge is 0.286 e. The van der Waals surface area contributed by atoms with Gasteiger partial charge in [-0.3, -0.25) is 20.4 Å². The van der Waals surface area contributed by atoms with E-state index in [1.807, 2.05) is 6.07 Å². The summed E-state index contributed by atoms with van der Waals surface area (Å²) in [6.45, 7) is 1.55. The zero-order chi connectivity index (χ0) is 17.7. The number of hydrogen-bond donors (Lipinski definition) is 2. The number of nitrogens with one attached hydrogen (secondary N) is 2. The van der Waals surface area contributed by atoms with E-state index in [0.717, 1.165) is 4.47 Å². The van der Waals surface area contributed by atoms with Crippen LogP contribution in [0, 0.1) is 11.3 Å². The van der Waals surface area contributed by atoms with Crippen LogP contribution in [0.3, 0.4) is 0 Å². The van der Waals surface area contributed by atoms with Gasteiger partial charge >= 0.3 is 0 Å². The molecule has 2 aromatic rings. The molecule has 2 N–H and O–H groups in total. The molecule has 0 spiro atoms. The summed E-state index contributed by atoms with van der Waals surface area (Å²) in [4.78, 5) is 24.0. The van der Waals surface area contributed by atoms with Gasteiger partial charge in [-0.2, -0.15) is 5.26 Å². The minimum atomic E-state index is -0.821. The lowest BCUT2D eigenvalue weighted by Crippen LogP contribution is -2.47. The van der Waals surface area contributed by atoms with Crippen LogP contribution in [0.4, 0.5) is 0 Å². The summed E-state index contributed by atoms with van der Waals surface area (Å²) >= 11 is 3.27. The maximum absolute atomic E-state index is 12.0. The van der Waals surface area contributed by atoms with Crippen LogP contribution in [0.15, 0.2) is 41.0 Å². The van der Waals surface area contributed by atoms with Gasteiger partial charge in [0.25, 0.3) is 11.8 Å². The molecule has 24 heavy (non-hydrogen) atoms. The Kier molecular flexibility index (Phi) is 5.60. The predicted octanol–water partition coefficient (Wildman–Crippen LogP) is 1.89. The first-order valence-corrected chi connectivity index (χ1v) is 7.79. The number of hydrazine groups is 1. The van der Waals surface area contributed by atoms with Crippen LogP contribution in [0.25, 0.3) is 0 Å². The van der Waals surface area contributed by atoms with Gasteiger partial charge in [-0.1, -0.05) is 0 Å². The van der Waals surface area contributed by atoms with E-state index in [9.17, 15) is 9.59 Å². The molecule has 1 aromatic carbocycles. The fourth-order valence-corrected chi connectivity index (χ4v) is 2.42. The number of aryl methyl sites for hydroxylation is 1. The van der Waals surface area contributed by atoms with E-state index in [1.165, 1.54) is 0 Å². The number of hydrogen-bond acceptors (Lipinski definition) is 4. The molecule has 7 nitrogen and oxygen atoms in total. The van der Waals surface area contributed by atoms with E-state index < -0.39 is 17.9 Å². The number of halogens is 1. The highest BCUT2D eigenvalue weighted by Gasteiger charge is 2.17. The van der Waals surface area contributed by atoms with E-state index in [2.05, 4.69) is 26.8 Å². The summed E-state index contributed by atoms with van der Waals surface area (Å²) in [5, 5.41) is 8.74. The highest BCUT2D eigenvalue weighted by molar-refractivity contribution is 9.10. The second-order valence-corrected chi connectivity index (χ2v) is 5.91. The van der Waals surface area contributed by atoms with Crippen molar-refractivity contribution in [1.29, 1.82) is 5.26 Å². The standard InChI is InChI=1S/C16H15BrN4O3/c1-10(24-13-5-3-11(8-18)4-6-13)15(22)19-20-16(23)14-7-12(17)9-21(14)2/h3-7,9-10H,1-2H3,(H,19,22)(H,20,23). The largest absolute Gasteiger partial charge is 0.481 e. The molecule has 0 aliphatic rings. The Labute approximate surface area is 147 Å². The first-order chi connectivity index (χ1) is 11.4. The monoisotopic (exact) mass is 390 g/mol. The molecular formula is C16H15BrN4O3. The average Bonchev–Trinajstić information content (AvgIpc) is 2.91. The lowest BCUT2D eigenvalue weighted by atomic mass is 10.2. The lowest BCUT2D eigenvalue weighted by Gasteiger charge is -2.15.